The number of esters is 1. The molecule has 2 unspecified atom stereocenters. The second-order valence-corrected chi connectivity index (χ2v) is 5.63. The number of hydrogen-bond acceptors (Lipinski definition) is 4. The molecule has 0 saturated heterocycles. The van der Waals surface area contributed by atoms with Crippen molar-refractivity contribution in [2.45, 2.75) is 58.9 Å². The van der Waals surface area contributed by atoms with Gasteiger partial charge in [-0.15, -0.1) is 0 Å². The lowest BCUT2D eigenvalue weighted by atomic mass is 9.84. The van der Waals surface area contributed by atoms with Crippen LogP contribution in [0.4, 0.5) is 0 Å². The minimum atomic E-state index is -0.433. The summed E-state index contributed by atoms with van der Waals surface area (Å²) in [5.74, 6) is 0.367. The minimum absolute atomic E-state index is 0.0381. The van der Waals surface area contributed by atoms with Crippen molar-refractivity contribution in [2.24, 2.45) is 5.92 Å². The predicted octanol–water partition coefficient (Wildman–Crippen LogP) is 2.43. The second kappa shape index (κ2) is 8.63. The van der Waals surface area contributed by atoms with E-state index in [0.717, 1.165) is 51.9 Å². The summed E-state index contributed by atoms with van der Waals surface area (Å²) >= 11 is 0. The van der Waals surface area contributed by atoms with Crippen LogP contribution in [0.2, 0.25) is 0 Å². The largest absolute Gasteiger partial charge is 0.465 e. The van der Waals surface area contributed by atoms with E-state index in [4.69, 9.17) is 4.74 Å². The highest BCUT2D eigenvalue weighted by atomic mass is 16.5. The smallest absolute Gasteiger partial charge is 0.326 e. The van der Waals surface area contributed by atoms with Gasteiger partial charge in [-0.05, 0) is 58.3 Å². The van der Waals surface area contributed by atoms with Crippen molar-refractivity contribution in [2.75, 3.05) is 32.8 Å². The molecular formula is C16H32N2O2. The summed E-state index contributed by atoms with van der Waals surface area (Å²) in [7, 11) is 0. The van der Waals surface area contributed by atoms with Crippen LogP contribution in [0.5, 0.6) is 0 Å². The molecule has 4 heteroatoms. The Kier molecular flexibility index (Phi) is 7.52. The molecule has 118 valence electrons. The topological polar surface area (TPSA) is 41.6 Å². The fourth-order valence-electron chi connectivity index (χ4n) is 3.50. The molecule has 0 spiro atoms. The van der Waals surface area contributed by atoms with E-state index in [1.165, 1.54) is 0 Å². The first kappa shape index (κ1) is 17.4. The first-order valence-corrected chi connectivity index (χ1v) is 8.29. The third kappa shape index (κ3) is 3.95. The Balaban J connectivity index is 2.73. The SMILES string of the molecule is CCNC1(C(=O)OCC)CCCC1CCN(CC)CC. The van der Waals surface area contributed by atoms with Crippen LogP contribution in [0.15, 0.2) is 0 Å². The van der Waals surface area contributed by atoms with Crippen LogP contribution in [0, 0.1) is 5.92 Å². The van der Waals surface area contributed by atoms with Gasteiger partial charge in [0, 0.05) is 0 Å². The summed E-state index contributed by atoms with van der Waals surface area (Å²) < 4.78 is 5.36. The molecule has 0 aromatic carbocycles. The lowest BCUT2D eigenvalue weighted by molar-refractivity contribution is -0.153. The Hall–Kier alpha value is -0.610. The molecule has 20 heavy (non-hydrogen) atoms. The zero-order valence-electron chi connectivity index (χ0n) is 13.7. The van der Waals surface area contributed by atoms with Crippen LogP contribution in [0.25, 0.3) is 0 Å². The van der Waals surface area contributed by atoms with E-state index in [1.54, 1.807) is 0 Å². The molecule has 0 aromatic rings. The van der Waals surface area contributed by atoms with E-state index in [-0.39, 0.29) is 5.97 Å². The van der Waals surface area contributed by atoms with Crippen LogP contribution < -0.4 is 5.32 Å². The average molecular weight is 284 g/mol. The van der Waals surface area contributed by atoms with Crippen molar-refractivity contribution < 1.29 is 9.53 Å². The van der Waals surface area contributed by atoms with Crippen molar-refractivity contribution in [3.8, 4) is 0 Å². The number of nitrogens with zero attached hydrogens (tertiary/aromatic N) is 1. The summed E-state index contributed by atoms with van der Waals surface area (Å²) in [5.41, 5.74) is -0.433. The maximum Gasteiger partial charge on any atom is 0.326 e. The second-order valence-electron chi connectivity index (χ2n) is 5.63. The fourth-order valence-corrected chi connectivity index (χ4v) is 3.50. The number of ether oxygens (including phenoxy) is 1. The number of hydrogen-bond donors (Lipinski definition) is 1. The van der Waals surface area contributed by atoms with Crippen LogP contribution in [-0.4, -0.2) is 49.2 Å². The lowest BCUT2D eigenvalue weighted by Gasteiger charge is -2.35. The molecule has 0 amide bonds. The minimum Gasteiger partial charge on any atom is -0.465 e. The molecule has 0 heterocycles. The zero-order chi connectivity index (χ0) is 15.0. The van der Waals surface area contributed by atoms with Crippen molar-refractivity contribution >= 4 is 5.97 Å². The molecule has 1 aliphatic rings. The number of likely N-dealkylation sites (N-methyl/N-ethyl adjacent to an activating group) is 1. The molecule has 0 aromatic heterocycles. The number of nitrogens with one attached hydrogen (secondary N) is 1. The van der Waals surface area contributed by atoms with Gasteiger partial charge in [0.1, 0.15) is 5.54 Å². The average Bonchev–Trinajstić information content (AvgIpc) is 2.85. The van der Waals surface area contributed by atoms with Gasteiger partial charge >= 0.3 is 5.97 Å². The van der Waals surface area contributed by atoms with Crippen molar-refractivity contribution in [3.63, 3.8) is 0 Å². The molecular weight excluding hydrogens is 252 g/mol. The van der Waals surface area contributed by atoms with Crippen LogP contribution in [0.3, 0.4) is 0 Å². The third-order valence-electron chi connectivity index (χ3n) is 4.64. The summed E-state index contributed by atoms with van der Waals surface area (Å²) in [6.45, 7) is 12.9. The van der Waals surface area contributed by atoms with E-state index in [0.29, 0.717) is 12.5 Å². The van der Waals surface area contributed by atoms with E-state index >= 15 is 0 Å². The molecule has 0 aliphatic heterocycles. The van der Waals surface area contributed by atoms with Crippen molar-refractivity contribution in [1.29, 1.82) is 0 Å². The first-order valence-electron chi connectivity index (χ1n) is 8.29. The number of carbonyl (C=O) groups is 1. The number of carbonyl (C=O) groups excluding carboxylic acids is 1. The Morgan fingerprint density at radius 2 is 2.00 bits per heavy atom. The molecule has 4 nitrogen and oxygen atoms in total. The molecule has 1 N–H and O–H groups in total. The van der Waals surface area contributed by atoms with Crippen molar-refractivity contribution in [3.05, 3.63) is 0 Å². The molecule has 2 atom stereocenters. The molecule has 1 rings (SSSR count). The molecule has 0 bridgehead atoms. The highest BCUT2D eigenvalue weighted by Crippen LogP contribution is 2.39. The maximum atomic E-state index is 12.5. The van der Waals surface area contributed by atoms with Gasteiger partial charge in [0.25, 0.3) is 0 Å². The standard InChI is InChI=1S/C16H32N2O2/c1-5-17-16(15(19)20-8-4)12-9-10-14(16)11-13-18(6-2)7-3/h14,17H,5-13H2,1-4H3. The van der Waals surface area contributed by atoms with Gasteiger partial charge in [0.15, 0.2) is 0 Å². The Labute approximate surface area is 124 Å². The maximum absolute atomic E-state index is 12.5. The van der Waals surface area contributed by atoms with Gasteiger partial charge in [-0.3, -0.25) is 4.79 Å². The van der Waals surface area contributed by atoms with Gasteiger partial charge in [-0.2, -0.15) is 0 Å². The molecule has 1 fully saturated rings. The Morgan fingerprint density at radius 3 is 2.55 bits per heavy atom. The Morgan fingerprint density at radius 1 is 1.30 bits per heavy atom. The van der Waals surface area contributed by atoms with Crippen LogP contribution >= 0.6 is 0 Å². The molecule has 1 saturated carbocycles. The summed E-state index contributed by atoms with van der Waals surface area (Å²) in [6, 6.07) is 0. The fraction of sp³-hybridized carbons (Fsp3) is 0.938. The van der Waals surface area contributed by atoms with E-state index in [1.807, 2.05) is 6.92 Å². The van der Waals surface area contributed by atoms with Crippen LogP contribution in [-0.2, 0) is 9.53 Å². The number of rotatable bonds is 9. The van der Waals surface area contributed by atoms with Gasteiger partial charge in [0.05, 0.1) is 6.61 Å². The van der Waals surface area contributed by atoms with Crippen LogP contribution in [0.1, 0.15) is 53.4 Å². The van der Waals surface area contributed by atoms with Gasteiger partial charge in [-0.25, -0.2) is 0 Å². The van der Waals surface area contributed by atoms with Gasteiger partial charge in [-0.1, -0.05) is 27.2 Å². The molecule has 1 aliphatic carbocycles. The van der Waals surface area contributed by atoms with E-state index in [9.17, 15) is 4.79 Å². The zero-order valence-corrected chi connectivity index (χ0v) is 13.7. The van der Waals surface area contributed by atoms with E-state index < -0.39 is 5.54 Å². The predicted molar refractivity (Wildman–Crippen MR) is 82.8 cm³/mol. The van der Waals surface area contributed by atoms with Gasteiger partial charge < -0.3 is 15.0 Å². The first-order chi connectivity index (χ1) is 9.64. The summed E-state index contributed by atoms with van der Waals surface area (Å²) in [5, 5.41) is 3.46. The third-order valence-corrected chi connectivity index (χ3v) is 4.64. The van der Waals surface area contributed by atoms with Crippen molar-refractivity contribution in [1.82, 2.24) is 10.2 Å². The normalized spacial score (nSPS) is 26.1. The molecule has 0 radical (unpaired) electrons. The summed E-state index contributed by atoms with van der Waals surface area (Å²) in [4.78, 5) is 14.9. The highest BCUT2D eigenvalue weighted by molar-refractivity contribution is 5.81. The van der Waals surface area contributed by atoms with E-state index in [2.05, 4.69) is 31.0 Å². The monoisotopic (exact) mass is 284 g/mol. The van der Waals surface area contributed by atoms with Gasteiger partial charge in [0.2, 0.25) is 0 Å². The highest BCUT2D eigenvalue weighted by Gasteiger charge is 2.49. The Bertz CT molecular complexity index is 292. The lowest BCUT2D eigenvalue weighted by Crippen LogP contribution is -2.56. The quantitative estimate of drug-likeness (QED) is 0.660. The summed E-state index contributed by atoms with van der Waals surface area (Å²) in [6.07, 6.45) is 4.25.